The quantitative estimate of drug-likeness (QED) is 0.734. The van der Waals surface area contributed by atoms with E-state index in [-0.39, 0.29) is 0 Å². The second-order valence-electron chi connectivity index (χ2n) is 8.33. The Labute approximate surface area is 176 Å². The number of hydrogen-bond acceptors (Lipinski definition) is 5. The van der Waals surface area contributed by atoms with Crippen LogP contribution >= 0.6 is 0 Å². The Kier molecular flexibility index (Phi) is 6.35. The molecule has 0 amide bonds. The third-order valence-electron chi connectivity index (χ3n) is 6.20. The molecule has 1 saturated carbocycles. The maximum atomic E-state index is 12.7. The fourth-order valence-electron chi connectivity index (χ4n) is 4.62. The third-order valence-corrected chi connectivity index (χ3v) is 6.20. The molecule has 160 valence electrons. The minimum atomic E-state index is -1.01. The molecule has 1 aliphatic carbocycles. The molecule has 2 aromatic rings. The highest BCUT2D eigenvalue weighted by Gasteiger charge is 2.28. The van der Waals surface area contributed by atoms with Gasteiger partial charge in [-0.05, 0) is 43.7 Å². The molecular weight excluding hydrogens is 382 g/mol. The Hall–Kier alpha value is -2.83. The van der Waals surface area contributed by atoms with Crippen molar-refractivity contribution >= 4 is 11.7 Å². The molecule has 0 bridgehead atoms. The van der Waals surface area contributed by atoms with Gasteiger partial charge in [0.2, 0.25) is 0 Å². The molecule has 7 nitrogen and oxygen atoms in total. The lowest BCUT2D eigenvalue weighted by Gasteiger charge is -2.30. The van der Waals surface area contributed by atoms with Gasteiger partial charge in [0.25, 0.3) is 5.56 Å². The number of hydrogen-bond donors (Lipinski definition) is 1. The number of nitrogens with zero attached hydrogens (tertiary/aromatic N) is 3. The van der Waals surface area contributed by atoms with Gasteiger partial charge in [-0.15, -0.1) is 0 Å². The number of ether oxygens (including phenoxy) is 1. The molecule has 1 atom stereocenters. The summed E-state index contributed by atoms with van der Waals surface area (Å²) in [5.74, 6) is 0.331. The molecule has 2 heterocycles. The van der Waals surface area contributed by atoms with E-state index in [0.717, 1.165) is 62.0 Å². The first-order chi connectivity index (χ1) is 14.6. The number of carbonyl (C=O) groups is 1. The van der Waals surface area contributed by atoms with Gasteiger partial charge in [0.1, 0.15) is 0 Å². The molecule has 1 aliphatic heterocycles. The van der Waals surface area contributed by atoms with E-state index < -0.39 is 17.6 Å². The van der Waals surface area contributed by atoms with Crippen LogP contribution in [0.15, 0.2) is 41.3 Å². The molecule has 1 unspecified atom stereocenters. The van der Waals surface area contributed by atoms with E-state index in [2.05, 4.69) is 10.00 Å². The standard InChI is InChI=1S/C23H29N3O4/c27-22-15-18(16-24-26(22)20(23(28)29)14-17-8-2-3-9-17)30-21-11-5-4-10-19(21)25-12-6-1-7-13-25/h4-5,10-11,15-17,20H,1-3,6-9,12-14H2,(H,28,29). The zero-order chi connectivity index (χ0) is 20.9. The first-order valence-corrected chi connectivity index (χ1v) is 11.0. The molecule has 1 saturated heterocycles. The monoisotopic (exact) mass is 411 g/mol. The third kappa shape index (κ3) is 4.66. The highest BCUT2D eigenvalue weighted by molar-refractivity contribution is 5.71. The number of para-hydroxylation sites is 2. The van der Waals surface area contributed by atoms with Gasteiger partial charge >= 0.3 is 5.97 Å². The smallest absolute Gasteiger partial charge is 0.328 e. The van der Waals surface area contributed by atoms with Crippen LogP contribution in [0.5, 0.6) is 11.5 Å². The predicted molar refractivity (Wildman–Crippen MR) is 114 cm³/mol. The van der Waals surface area contributed by atoms with Crippen LogP contribution in [0, 0.1) is 5.92 Å². The second kappa shape index (κ2) is 9.32. The van der Waals surface area contributed by atoms with E-state index in [0.29, 0.717) is 23.8 Å². The fourth-order valence-corrected chi connectivity index (χ4v) is 4.62. The van der Waals surface area contributed by atoms with Crippen LogP contribution in [0.3, 0.4) is 0 Å². The SMILES string of the molecule is O=C(O)C(CC1CCCC1)n1ncc(Oc2ccccc2N2CCCCC2)cc1=O. The van der Waals surface area contributed by atoms with Crippen molar-refractivity contribution in [2.24, 2.45) is 5.92 Å². The van der Waals surface area contributed by atoms with Crippen molar-refractivity contribution < 1.29 is 14.6 Å². The first-order valence-electron chi connectivity index (χ1n) is 11.0. The summed E-state index contributed by atoms with van der Waals surface area (Å²) < 4.78 is 7.09. The molecule has 30 heavy (non-hydrogen) atoms. The van der Waals surface area contributed by atoms with Crippen LogP contribution < -0.4 is 15.2 Å². The largest absolute Gasteiger partial charge is 0.480 e. The van der Waals surface area contributed by atoms with Crippen molar-refractivity contribution in [2.75, 3.05) is 18.0 Å². The molecule has 2 fully saturated rings. The Morgan fingerprint density at radius 3 is 2.57 bits per heavy atom. The van der Waals surface area contributed by atoms with Crippen LogP contribution in [0.1, 0.15) is 57.4 Å². The molecule has 1 N–H and O–H groups in total. The first kappa shape index (κ1) is 20.4. The van der Waals surface area contributed by atoms with Crippen molar-refractivity contribution in [2.45, 2.75) is 57.4 Å². The molecule has 0 spiro atoms. The van der Waals surface area contributed by atoms with Crippen LogP contribution in [0.25, 0.3) is 0 Å². The van der Waals surface area contributed by atoms with Crippen LogP contribution in [0.2, 0.25) is 0 Å². The number of carboxylic acids is 1. The van der Waals surface area contributed by atoms with Gasteiger partial charge in [-0.25, -0.2) is 9.48 Å². The average Bonchev–Trinajstić information content (AvgIpc) is 3.27. The molecule has 7 heteroatoms. The van der Waals surface area contributed by atoms with E-state index in [9.17, 15) is 14.7 Å². The number of carboxylic acid groups (broad SMARTS) is 1. The summed E-state index contributed by atoms with van der Waals surface area (Å²) in [5, 5.41) is 13.8. The van der Waals surface area contributed by atoms with Gasteiger partial charge in [-0.1, -0.05) is 37.8 Å². The summed E-state index contributed by atoms with van der Waals surface area (Å²) in [6.07, 6.45) is 9.74. The van der Waals surface area contributed by atoms with Gasteiger partial charge in [0, 0.05) is 19.2 Å². The van der Waals surface area contributed by atoms with Gasteiger partial charge in [-0.2, -0.15) is 5.10 Å². The van der Waals surface area contributed by atoms with Crippen molar-refractivity contribution in [1.82, 2.24) is 9.78 Å². The number of anilines is 1. The van der Waals surface area contributed by atoms with Crippen molar-refractivity contribution in [1.29, 1.82) is 0 Å². The van der Waals surface area contributed by atoms with E-state index in [4.69, 9.17) is 4.74 Å². The summed E-state index contributed by atoms with van der Waals surface area (Å²) in [4.78, 5) is 26.8. The van der Waals surface area contributed by atoms with Crippen molar-refractivity contribution in [3.8, 4) is 11.5 Å². The highest BCUT2D eigenvalue weighted by atomic mass is 16.5. The van der Waals surface area contributed by atoms with Gasteiger partial charge < -0.3 is 14.7 Å². The highest BCUT2D eigenvalue weighted by Crippen LogP contribution is 2.34. The molecule has 4 rings (SSSR count). The van der Waals surface area contributed by atoms with Crippen LogP contribution in [-0.2, 0) is 4.79 Å². The number of benzene rings is 1. The van der Waals surface area contributed by atoms with Crippen LogP contribution in [0.4, 0.5) is 5.69 Å². The van der Waals surface area contributed by atoms with Crippen molar-refractivity contribution in [3.05, 3.63) is 46.9 Å². The average molecular weight is 412 g/mol. The minimum Gasteiger partial charge on any atom is -0.480 e. The van der Waals surface area contributed by atoms with E-state index >= 15 is 0 Å². The maximum Gasteiger partial charge on any atom is 0.328 e. The summed E-state index contributed by atoms with van der Waals surface area (Å²) in [6, 6.07) is 8.19. The number of piperidine rings is 1. The van der Waals surface area contributed by atoms with E-state index in [1.807, 2.05) is 24.3 Å². The predicted octanol–water partition coefficient (Wildman–Crippen LogP) is 4.23. The fraction of sp³-hybridized carbons (Fsp3) is 0.522. The van der Waals surface area contributed by atoms with Crippen LogP contribution in [-0.4, -0.2) is 33.9 Å². The normalized spacial score (nSPS) is 18.3. The Morgan fingerprint density at radius 1 is 1.13 bits per heavy atom. The van der Waals surface area contributed by atoms with Crippen molar-refractivity contribution in [3.63, 3.8) is 0 Å². The number of aromatic nitrogens is 2. The molecular formula is C23H29N3O4. The van der Waals surface area contributed by atoms with Gasteiger partial charge in [0.15, 0.2) is 17.5 Å². The Bertz CT molecular complexity index is 930. The number of aliphatic carboxylic acids is 1. The molecule has 1 aromatic carbocycles. The van der Waals surface area contributed by atoms with E-state index in [1.54, 1.807) is 0 Å². The lowest BCUT2D eigenvalue weighted by molar-refractivity contribution is -0.142. The second-order valence-corrected chi connectivity index (χ2v) is 8.33. The molecule has 1 aromatic heterocycles. The van der Waals surface area contributed by atoms with Gasteiger partial charge in [0.05, 0.1) is 11.9 Å². The lowest BCUT2D eigenvalue weighted by Crippen LogP contribution is -2.32. The molecule has 2 aliphatic rings. The zero-order valence-corrected chi connectivity index (χ0v) is 17.2. The minimum absolute atomic E-state index is 0.325. The Morgan fingerprint density at radius 2 is 1.87 bits per heavy atom. The number of rotatable bonds is 7. The maximum absolute atomic E-state index is 12.7. The van der Waals surface area contributed by atoms with E-state index in [1.165, 1.54) is 18.7 Å². The zero-order valence-electron chi connectivity index (χ0n) is 17.2. The summed E-state index contributed by atoms with van der Waals surface area (Å²) in [6.45, 7) is 1.98. The summed E-state index contributed by atoms with van der Waals surface area (Å²) >= 11 is 0. The summed E-state index contributed by atoms with van der Waals surface area (Å²) in [7, 11) is 0. The Balaban J connectivity index is 1.53. The molecule has 0 radical (unpaired) electrons. The lowest BCUT2D eigenvalue weighted by atomic mass is 9.98. The summed E-state index contributed by atoms with van der Waals surface area (Å²) in [5.41, 5.74) is 0.555. The topological polar surface area (TPSA) is 84.7 Å². The van der Waals surface area contributed by atoms with Gasteiger partial charge in [-0.3, -0.25) is 4.79 Å².